The Morgan fingerprint density at radius 3 is 2.90 bits per heavy atom. The molecule has 0 radical (unpaired) electrons. The third-order valence-corrected chi connectivity index (χ3v) is 5.37. The highest BCUT2D eigenvalue weighted by Crippen LogP contribution is 2.28. The Morgan fingerprint density at radius 1 is 1.24 bits per heavy atom. The molecule has 21 heavy (non-hydrogen) atoms. The summed E-state index contributed by atoms with van der Waals surface area (Å²) in [5, 5.41) is 12.0. The molecule has 2 aromatic heterocycles. The first kappa shape index (κ1) is 13.0. The van der Waals surface area contributed by atoms with Crippen LogP contribution in [0.4, 0.5) is 10.9 Å². The Kier molecular flexibility index (Phi) is 3.25. The minimum absolute atomic E-state index is 0.522. The van der Waals surface area contributed by atoms with Gasteiger partial charge in [0, 0.05) is 31.7 Å². The molecule has 1 aliphatic carbocycles. The number of hydrogen-bond donors (Lipinski definition) is 0. The summed E-state index contributed by atoms with van der Waals surface area (Å²) in [7, 11) is 2.12. The molecule has 0 saturated carbocycles. The molecule has 3 heterocycles. The van der Waals surface area contributed by atoms with Gasteiger partial charge in [-0.25, -0.2) is 4.98 Å². The monoisotopic (exact) mass is 301 g/mol. The number of likely N-dealkylation sites (N-methyl/N-ethyl adjacent to an activating group) is 1. The average Bonchev–Trinajstić information content (AvgIpc) is 2.99. The molecule has 2 aromatic rings. The predicted octanol–water partition coefficient (Wildman–Crippen LogP) is 2.14. The summed E-state index contributed by atoms with van der Waals surface area (Å²) in [6.07, 6.45) is 6.66. The van der Waals surface area contributed by atoms with Gasteiger partial charge in [-0.15, -0.1) is 16.4 Å². The molecule has 0 aromatic carbocycles. The van der Waals surface area contributed by atoms with Crippen molar-refractivity contribution in [3.05, 3.63) is 28.9 Å². The SMILES string of the molecule is CN(c1nccs1)C1CN(c2cc3c(nn2)CCCC3)C1. The Labute approximate surface area is 128 Å². The van der Waals surface area contributed by atoms with Gasteiger partial charge in [-0.2, -0.15) is 5.10 Å². The van der Waals surface area contributed by atoms with Gasteiger partial charge >= 0.3 is 0 Å². The highest BCUT2D eigenvalue weighted by Gasteiger charge is 2.32. The summed E-state index contributed by atoms with van der Waals surface area (Å²) in [5.74, 6) is 1.04. The fourth-order valence-electron chi connectivity index (χ4n) is 3.07. The van der Waals surface area contributed by atoms with Crippen LogP contribution in [0.15, 0.2) is 17.6 Å². The molecule has 6 heteroatoms. The Bertz CT molecular complexity index is 621. The maximum absolute atomic E-state index is 4.43. The first-order valence-corrected chi connectivity index (χ1v) is 8.42. The van der Waals surface area contributed by atoms with E-state index in [1.54, 1.807) is 11.3 Å². The Morgan fingerprint density at radius 2 is 2.10 bits per heavy atom. The van der Waals surface area contributed by atoms with Crippen LogP contribution < -0.4 is 9.80 Å². The highest BCUT2D eigenvalue weighted by atomic mass is 32.1. The molecule has 2 aliphatic rings. The van der Waals surface area contributed by atoms with Crippen LogP contribution in [0.25, 0.3) is 0 Å². The maximum Gasteiger partial charge on any atom is 0.185 e. The summed E-state index contributed by atoms with van der Waals surface area (Å²) >= 11 is 1.69. The van der Waals surface area contributed by atoms with Crippen molar-refractivity contribution in [2.45, 2.75) is 31.7 Å². The number of anilines is 2. The minimum atomic E-state index is 0.522. The van der Waals surface area contributed by atoms with Crippen molar-refractivity contribution < 1.29 is 0 Å². The molecular formula is C15H19N5S. The van der Waals surface area contributed by atoms with Crippen molar-refractivity contribution in [1.29, 1.82) is 0 Å². The molecule has 1 aliphatic heterocycles. The molecule has 0 spiro atoms. The fraction of sp³-hybridized carbons (Fsp3) is 0.533. The molecule has 0 amide bonds. The van der Waals surface area contributed by atoms with Crippen LogP contribution in [0.2, 0.25) is 0 Å². The smallest absolute Gasteiger partial charge is 0.185 e. The zero-order valence-electron chi connectivity index (χ0n) is 12.2. The second-order valence-corrected chi connectivity index (χ2v) is 6.74. The third-order valence-electron chi connectivity index (χ3n) is 4.51. The lowest BCUT2D eigenvalue weighted by atomic mass is 9.96. The summed E-state index contributed by atoms with van der Waals surface area (Å²) in [6, 6.07) is 2.77. The summed E-state index contributed by atoms with van der Waals surface area (Å²) in [5.41, 5.74) is 2.62. The standard InChI is InChI=1S/C15H19N5S/c1-19(15-16-6-7-21-15)12-9-20(10-12)14-8-11-4-2-3-5-13(11)17-18-14/h6-8,12H,2-5,9-10H2,1H3. The van der Waals surface area contributed by atoms with Crippen molar-refractivity contribution in [2.24, 2.45) is 0 Å². The van der Waals surface area contributed by atoms with E-state index in [0.717, 1.165) is 36.9 Å². The zero-order chi connectivity index (χ0) is 14.2. The highest BCUT2D eigenvalue weighted by molar-refractivity contribution is 7.13. The van der Waals surface area contributed by atoms with Gasteiger partial charge in [0.15, 0.2) is 10.9 Å². The lowest BCUT2D eigenvalue weighted by Gasteiger charge is -2.44. The number of fused-ring (bicyclic) bond motifs is 1. The normalized spacial score (nSPS) is 18.2. The van der Waals surface area contributed by atoms with Crippen LogP contribution in [-0.2, 0) is 12.8 Å². The average molecular weight is 301 g/mol. The second kappa shape index (κ2) is 5.26. The van der Waals surface area contributed by atoms with Crippen LogP contribution in [-0.4, -0.2) is 41.4 Å². The molecule has 1 fully saturated rings. The fourth-order valence-corrected chi connectivity index (χ4v) is 3.75. The van der Waals surface area contributed by atoms with Gasteiger partial charge in [0.2, 0.25) is 0 Å². The molecule has 0 bridgehead atoms. The first-order valence-electron chi connectivity index (χ1n) is 7.54. The summed E-state index contributed by atoms with van der Waals surface area (Å²) in [6.45, 7) is 2.01. The van der Waals surface area contributed by atoms with E-state index in [9.17, 15) is 0 Å². The van der Waals surface area contributed by atoms with Gasteiger partial charge < -0.3 is 9.80 Å². The largest absolute Gasteiger partial charge is 0.351 e. The van der Waals surface area contributed by atoms with E-state index >= 15 is 0 Å². The number of aromatic nitrogens is 3. The summed E-state index contributed by atoms with van der Waals surface area (Å²) < 4.78 is 0. The van der Waals surface area contributed by atoms with E-state index in [4.69, 9.17) is 0 Å². The third kappa shape index (κ3) is 2.37. The van der Waals surface area contributed by atoms with Crippen LogP contribution in [0.5, 0.6) is 0 Å². The van der Waals surface area contributed by atoms with Gasteiger partial charge in [0.25, 0.3) is 0 Å². The molecule has 110 valence electrons. The Hall–Kier alpha value is -1.69. The molecule has 0 N–H and O–H groups in total. The van der Waals surface area contributed by atoms with Crippen LogP contribution in [0.3, 0.4) is 0 Å². The van der Waals surface area contributed by atoms with Crippen LogP contribution in [0, 0.1) is 0 Å². The number of rotatable bonds is 3. The zero-order valence-corrected chi connectivity index (χ0v) is 13.0. The van der Waals surface area contributed by atoms with Gasteiger partial charge in [0.05, 0.1) is 11.7 Å². The van der Waals surface area contributed by atoms with E-state index in [1.807, 2.05) is 11.6 Å². The summed E-state index contributed by atoms with van der Waals surface area (Å²) in [4.78, 5) is 8.96. The van der Waals surface area contributed by atoms with Crippen molar-refractivity contribution in [1.82, 2.24) is 15.2 Å². The van der Waals surface area contributed by atoms with Gasteiger partial charge in [-0.1, -0.05) is 0 Å². The first-order chi connectivity index (χ1) is 10.3. The molecule has 4 rings (SSSR count). The predicted molar refractivity (Wildman–Crippen MR) is 85.2 cm³/mol. The molecular weight excluding hydrogens is 282 g/mol. The van der Waals surface area contributed by atoms with E-state index < -0.39 is 0 Å². The second-order valence-electron chi connectivity index (χ2n) is 5.87. The van der Waals surface area contributed by atoms with E-state index in [0.29, 0.717) is 6.04 Å². The Balaban J connectivity index is 1.43. The van der Waals surface area contributed by atoms with E-state index in [-0.39, 0.29) is 0 Å². The van der Waals surface area contributed by atoms with Crippen molar-refractivity contribution >= 4 is 22.3 Å². The lowest BCUT2D eigenvalue weighted by Crippen LogP contribution is -2.59. The van der Waals surface area contributed by atoms with Gasteiger partial charge in [0.1, 0.15) is 0 Å². The molecule has 1 saturated heterocycles. The van der Waals surface area contributed by atoms with Crippen LogP contribution >= 0.6 is 11.3 Å². The molecule has 0 atom stereocenters. The van der Waals surface area contributed by atoms with Gasteiger partial charge in [-0.3, -0.25) is 0 Å². The number of nitrogens with zero attached hydrogens (tertiary/aromatic N) is 5. The van der Waals surface area contributed by atoms with Crippen molar-refractivity contribution in [3.63, 3.8) is 0 Å². The van der Waals surface area contributed by atoms with Crippen molar-refractivity contribution in [2.75, 3.05) is 29.9 Å². The topological polar surface area (TPSA) is 45.2 Å². The van der Waals surface area contributed by atoms with Crippen LogP contribution in [0.1, 0.15) is 24.1 Å². The van der Waals surface area contributed by atoms with Crippen molar-refractivity contribution in [3.8, 4) is 0 Å². The molecule has 5 nitrogen and oxygen atoms in total. The maximum atomic E-state index is 4.43. The molecule has 0 unspecified atom stereocenters. The van der Waals surface area contributed by atoms with E-state index in [2.05, 4.69) is 38.1 Å². The minimum Gasteiger partial charge on any atom is -0.351 e. The number of thiazole rings is 1. The van der Waals surface area contributed by atoms with Gasteiger partial charge in [-0.05, 0) is 37.3 Å². The van der Waals surface area contributed by atoms with E-state index in [1.165, 1.54) is 24.1 Å². The number of hydrogen-bond acceptors (Lipinski definition) is 6. The number of aryl methyl sites for hydroxylation is 2. The lowest BCUT2D eigenvalue weighted by molar-refractivity contribution is 0.488. The quantitative estimate of drug-likeness (QED) is 0.869.